The molecule has 4 heteroatoms. The first-order chi connectivity index (χ1) is 9.10. The number of aryl methyl sites for hydroxylation is 1. The van der Waals surface area contributed by atoms with E-state index in [2.05, 4.69) is 5.32 Å². The highest BCUT2D eigenvalue weighted by Crippen LogP contribution is 2.25. The molecular formula is C15H15F2NO. The lowest BCUT2D eigenvalue weighted by atomic mass is 10.1. The third kappa shape index (κ3) is 3.29. The molecule has 0 saturated heterocycles. The van der Waals surface area contributed by atoms with Crippen molar-refractivity contribution in [2.75, 3.05) is 7.05 Å². The van der Waals surface area contributed by atoms with E-state index in [0.717, 1.165) is 24.2 Å². The van der Waals surface area contributed by atoms with Crippen LogP contribution < -0.4 is 10.1 Å². The van der Waals surface area contributed by atoms with E-state index in [9.17, 15) is 8.78 Å². The monoisotopic (exact) mass is 263 g/mol. The fourth-order valence-electron chi connectivity index (χ4n) is 1.80. The number of benzene rings is 2. The summed E-state index contributed by atoms with van der Waals surface area (Å²) < 4.78 is 31.4. The minimum Gasteiger partial charge on any atom is -0.457 e. The quantitative estimate of drug-likeness (QED) is 0.906. The molecule has 0 unspecified atom stereocenters. The third-order valence-corrected chi connectivity index (χ3v) is 2.81. The Labute approximate surface area is 111 Å². The highest BCUT2D eigenvalue weighted by Gasteiger charge is 2.05. The Hall–Kier alpha value is -1.94. The first kappa shape index (κ1) is 13.5. The molecule has 0 fully saturated rings. The maximum absolute atomic E-state index is 13.1. The Bertz CT molecular complexity index is 584. The van der Waals surface area contributed by atoms with Gasteiger partial charge in [0.15, 0.2) is 11.6 Å². The molecule has 0 aromatic heterocycles. The van der Waals surface area contributed by atoms with Crippen LogP contribution >= 0.6 is 0 Å². The summed E-state index contributed by atoms with van der Waals surface area (Å²) in [5, 5.41) is 3.08. The lowest BCUT2D eigenvalue weighted by molar-refractivity contribution is 0.461. The van der Waals surface area contributed by atoms with Gasteiger partial charge in [-0.1, -0.05) is 6.07 Å². The van der Waals surface area contributed by atoms with Gasteiger partial charge in [0, 0.05) is 12.6 Å². The molecule has 2 aromatic rings. The van der Waals surface area contributed by atoms with Crippen molar-refractivity contribution in [3.05, 3.63) is 59.2 Å². The average molecular weight is 263 g/mol. The van der Waals surface area contributed by atoms with E-state index >= 15 is 0 Å². The molecule has 0 aliphatic rings. The van der Waals surface area contributed by atoms with Crippen LogP contribution in [-0.2, 0) is 6.54 Å². The molecule has 2 rings (SSSR count). The van der Waals surface area contributed by atoms with Crippen LogP contribution in [0.3, 0.4) is 0 Å². The predicted molar refractivity (Wildman–Crippen MR) is 70.4 cm³/mol. The smallest absolute Gasteiger partial charge is 0.162 e. The minimum absolute atomic E-state index is 0.277. The van der Waals surface area contributed by atoms with Gasteiger partial charge in [0.2, 0.25) is 0 Å². The highest BCUT2D eigenvalue weighted by atomic mass is 19.2. The van der Waals surface area contributed by atoms with Gasteiger partial charge in [0.25, 0.3) is 0 Å². The van der Waals surface area contributed by atoms with E-state index in [1.54, 1.807) is 6.07 Å². The molecule has 0 aliphatic carbocycles. The predicted octanol–water partition coefficient (Wildman–Crippen LogP) is 3.78. The SMILES string of the molecule is CNCc1ccc(Oc2ccc(F)c(F)c2)cc1C. The van der Waals surface area contributed by atoms with E-state index in [1.165, 1.54) is 11.6 Å². The Morgan fingerprint density at radius 3 is 2.32 bits per heavy atom. The fraction of sp³-hybridized carbons (Fsp3) is 0.200. The van der Waals surface area contributed by atoms with Crippen molar-refractivity contribution in [3.63, 3.8) is 0 Å². The van der Waals surface area contributed by atoms with Crippen LogP contribution in [0.15, 0.2) is 36.4 Å². The van der Waals surface area contributed by atoms with Gasteiger partial charge < -0.3 is 10.1 Å². The summed E-state index contributed by atoms with van der Waals surface area (Å²) in [4.78, 5) is 0. The molecule has 2 aromatic carbocycles. The summed E-state index contributed by atoms with van der Waals surface area (Å²) in [6.07, 6.45) is 0. The van der Waals surface area contributed by atoms with Crippen LogP contribution in [0.1, 0.15) is 11.1 Å². The van der Waals surface area contributed by atoms with Crippen molar-refractivity contribution >= 4 is 0 Å². The largest absolute Gasteiger partial charge is 0.457 e. The molecule has 19 heavy (non-hydrogen) atoms. The van der Waals surface area contributed by atoms with Crippen LogP contribution in [0.4, 0.5) is 8.78 Å². The van der Waals surface area contributed by atoms with Gasteiger partial charge >= 0.3 is 0 Å². The number of halogens is 2. The second-order valence-electron chi connectivity index (χ2n) is 4.30. The van der Waals surface area contributed by atoms with Crippen molar-refractivity contribution < 1.29 is 13.5 Å². The van der Waals surface area contributed by atoms with E-state index in [4.69, 9.17) is 4.74 Å². The lowest BCUT2D eigenvalue weighted by Gasteiger charge is -2.10. The standard InChI is InChI=1S/C15H15F2NO/c1-10-7-12(4-3-11(10)9-18-2)19-13-5-6-14(16)15(17)8-13/h3-8,18H,9H2,1-2H3. The average Bonchev–Trinajstić information content (AvgIpc) is 2.37. The fourth-order valence-corrected chi connectivity index (χ4v) is 1.80. The zero-order valence-electron chi connectivity index (χ0n) is 10.8. The van der Waals surface area contributed by atoms with E-state index < -0.39 is 11.6 Å². The molecule has 0 spiro atoms. The molecule has 0 aliphatic heterocycles. The molecule has 100 valence electrons. The molecule has 0 atom stereocenters. The van der Waals surface area contributed by atoms with Gasteiger partial charge in [-0.15, -0.1) is 0 Å². The van der Waals surface area contributed by atoms with Gasteiger partial charge in [0.05, 0.1) is 0 Å². The highest BCUT2D eigenvalue weighted by molar-refractivity contribution is 5.38. The summed E-state index contributed by atoms with van der Waals surface area (Å²) in [5.41, 5.74) is 2.24. The summed E-state index contributed by atoms with van der Waals surface area (Å²) in [6, 6.07) is 9.10. The first-order valence-electron chi connectivity index (χ1n) is 5.97. The Kier molecular flexibility index (Phi) is 4.12. The van der Waals surface area contributed by atoms with Crippen molar-refractivity contribution in [2.45, 2.75) is 13.5 Å². The van der Waals surface area contributed by atoms with Gasteiger partial charge in [-0.05, 0) is 49.4 Å². The maximum Gasteiger partial charge on any atom is 0.162 e. The summed E-state index contributed by atoms with van der Waals surface area (Å²) in [7, 11) is 1.88. The number of rotatable bonds is 4. The van der Waals surface area contributed by atoms with E-state index in [-0.39, 0.29) is 5.75 Å². The zero-order chi connectivity index (χ0) is 13.8. The summed E-state index contributed by atoms with van der Waals surface area (Å²) in [6.45, 7) is 2.75. The van der Waals surface area contributed by atoms with Crippen molar-refractivity contribution in [3.8, 4) is 11.5 Å². The molecule has 0 amide bonds. The summed E-state index contributed by atoms with van der Waals surface area (Å²) in [5.74, 6) is -0.919. The third-order valence-electron chi connectivity index (χ3n) is 2.81. The van der Waals surface area contributed by atoms with Crippen LogP contribution in [-0.4, -0.2) is 7.05 Å². The number of hydrogen-bond donors (Lipinski definition) is 1. The molecular weight excluding hydrogens is 248 g/mol. The van der Waals surface area contributed by atoms with E-state index in [1.807, 2.05) is 26.1 Å². The normalized spacial score (nSPS) is 10.5. The van der Waals surface area contributed by atoms with Crippen LogP contribution in [0, 0.1) is 18.6 Å². The topological polar surface area (TPSA) is 21.3 Å². The van der Waals surface area contributed by atoms with Crippen molar-refractivity contribution in [1.29, 1.82) is 0 Å². The maximum atomic E-state index is 13.1. The van der Waals surface area contributed by atoms with Gasteiger partial charge in [0.1, 0.15) is 11.5 Å². The Morgan fingerprint density at radius 2 is 1.68 bits per heavy atom. The van der Waals surface area contributed by atoms with Gasteiger partial charge in [-0.2, -0.15) is 0 Å². The minimum atomic E-state index is -0.916. The second kappa shape index (κ2) is 5.80. The van der Waals surface area contributed by atoms with E-state index in [0.29, 0.717) is 5.75 Å². The van der Waals surface area contributed by atoms with Crippen molar-refractivity contribution in [2.24, 2.45) is 0 Å². The molecule has 0 heterocycles. The molecule has 0 bridgehead atoms. The van der Waals surface area contributed by atoms with Crippen LogP contribution in [0.2, 0.25) is 0 Å². The number of ether oxygens (including phenoxy) is 1. The van der Waals surface area contributed by atoms with Crippen LogP contribution in [0.5, 0.6) is 11.5 Å². The molecule has 2 nitrogen and oxygen atoms in total. The van der Waals surface area contributed by atoms with Gasteiger partial charge in [-0.3, -0.25) is 0 Å². The molecule has 1 N–H and O–H groups in total. The van der Waals surface area contributed by atoms with Gasteiger partial charge in [-0.25, -0.2) is 8.78 Å². The Morgan fingerprint density at radius 1 is 1.00 bits per heavy atom. The summed E-state index contributed by atoms with van der Waals surface area (Å²) >= 11 is 0. The lowest BCUT2D eigenvalue weighted by Crippen LogP contribution is -2.06. The number of hydrogen-bond acceptors (Lipinski definition) is 2. The first-order valence-corrected chi connectivity index (χ1v) is 5.97. The molecule has 0 saturated carbocycles. The number of nitrogens with one attached hydrogen (secondary N) is 1. The zero-order valence-corrected chi connectivity index (χ0v) is 10.8. The Balaban J connectivity index is 2.19. The van der Waals surface area contributed by atoms with Crippen LogP contribution in [0.25, 0.3) is 0 Å². The molecule has 0 radical (unpaired) electrons. The van der Waals surface area contributed by atoms with Crippen molar-refractivity contribution in [1.82, 2.24) is 5.32 Å². The second-order valence-corrected chi connectivity index (χ2v) is 4.30.